The van der Waals surface area contributed by atoms with Crippen molar-refractivity contribution in [2.75, 3.05) is 31.0 Å². The van der Waals surface area contributed by atoms with Crippen LogP contribution >= 0.6 is 0 Å². The highest BCUT2D eigenvalue weighted by Crippen LogP contribution is 2.20. The molecule has 0 aliphatic heterocycles. The number of carbonyl (C=O) groups excluding carboxylic acids is 1. The van der Waals surface area contributed by atoms with Gasteiger partial charge in [-0.15, -0.1) is 0 Å². The minimum Gasteiger partial charge on any atom is -0.494 e. The summed E-state index contributed by atoms with van der Waals surface area (Å²) in [5, 5.41) is 2.89. The molecule has 0 fully saturated rings. The Labute approximate surface area is 179 Å². The molecule has 2 aromatic carbocycles. The lowest BCUT2D eigenvalue weighted by atomic mass is 10.2. The van der Waals surface area contributed by atoms with Crippen molar-refractivity contribution in [1.29, 1.82) is 0 Å². The summed E-state index contributed by atoms with van der Waals surface area (Å²) in [5.41, 5.74) is 0.725. The minimum atomic E-state index is -3.77. The van der Waals surface area contributed by atoms with Crippen LogP contribution in [0.15, 0.2) is 53.4 Å². The molecule has 2 rings (SSSR count). The Balaban J connectivity index is 2.02. The molecule has 0 aliphatic rings. The molecular formula is C22H31N3O4S. The van der Waals surface area contributed by atoms with Crippen LogP contribution in [-0.2, 0) is 10.0 Å². The molecule has 0 spiro atoms. The summed E-state index contributed by atoms with van der Waals surface area (Å²) >= 11 is 0. The zero-order valence-electron chi connectivity index (χ0n) is 18.0. The van der Waals surface area contributed by atoms with Crippen LogP contribution in [0.5, 0.6) is 5.75 Å². The van der Waals surface area contributed by atoms with E-state index in [4.69, 9.17) is 4.74 Å². The Kier molecular flexibility index (Phi) is 8.68. The van der Waals surface area contributed by atoms with Crippen molar-refractivity contribution in [3.8, 4) is 5.75 Å². The van der Waals surface area contributed by atoms with Gasteiger partial charge in [0.15, 0.2) is 0 Å². The van der Waals surface area contributed by atoms with E-state index in [1.54, 1.807) is 30.3 Å². The van der Waals surface area contributed by atoms with Crippen LogP contribution in [0, 0.1) is 0 Å². The van der Waals surface area contributed by atoms with Crippen molar-refractivity contribution >= 4 is 21.6 Å². The number of hydrogen-bond acceptors (Lipinski definition) is 5. The smallest absolute Gasteiger partial charge is 0.261 e. The quantitative estimate of drug-likeness (QED) is 0.567. The van der Waals surface area contributed by atoms with Gasteiger partial charge in [0.25, 0.3) is 15.9 Å². The number of nitrogens with zero attached hydrogens (tertiary/aromatic N) is 1. The second-order valence-electron chi connectivity index (χ2n) is 7.07. The van der Waals surface area contributed by atoms with E-state index in [9.17, 15) is 13.2 Å². The number of nitrogens with one attached hydrogen (secondary N) is 2. The zero-order valence-corrected chi connectivity index (χ0v) is 18.8. The first-order valence-electron chi connectivity index (χ1n) is 10.1. The van der Waals surface area contributed by atoms with Crippen LogP contribution in [0.4, 0.5) is 5.69 Å². The van der Waals surface area contributed by atoms with Crippen molar-refractivity contribution in [3.05, 3.63) is 54.1 Å². The minimum absolute atomic E-state index is 0.120. The molecule has 0 atom stereocenters. The maximum atomic E-state index is 12.6. The second-order valence-corrected chi connectivity index (χ2v) is 8.75. The van der Waals surface area contributed by atoms with Gasteiger partial charge >= 0.3 is 0 Å². The van der Waals surface area contributed by atoms with Gasteiger partial charge in [-0.2, -0.15) is 0 Å². The van der Waals surface area contributed by atoms with Crippen LogP contribution in [0.25, 0.3) is 0 Å². The monoisotopic (exact) mass is 433 g/mol. The fourth-order valence-corrected chi connectivity index (χ4v) is 4.07. The molecule has 30 heavy (non-hydrogen) atoms. The standard InChI is InChI=1S/C22H31N3O4S/c1-5-25(17(3)4)15-14-23-22(26)18-8-7-9-19(16-18)24-30(27,28)21-12-10-20(11-13-21)29-6-2/h7-13,16-17,24H,5-6,14-15H2,1-4H3,(H,23,26). The number of likely N-dealkylation sites (N-methyl/N-ethyl adjacent to an activating group) is 1. The van der Waals surface area contributed by atoms with Gasteiger partial charge in [0, 0.05) is 30.4 Å². The van der Waals surface area contributed by atoms with Gasteiger partial charge < -0.3 is 10.1 Å². The van der Waals surface area contributed by atoms with Crippen molar-refractivity contribution in [2.24, 2.45) is 0 Å². The molecule has 7 nitrogen and oxygen atoms in total. The summed E-state index contributed by atoms with van der Waals surface area (Å²) in [4.78, 5) is 14.8. The van der Waals surface area contributed by atoms with Gasteiger partial charge in [-0.05, 0) is 69.8 Å². The predicted octanol–water partition coefficient (Wildman–Crippen LogP) is 3.35. The predicted molar refractivity (Wildman–Crippen MR) is 120 cm³/mol. The summed E-state index contributed by atoms with van der Waals surface area (Å²) in [7, 11) is -3.77. The number of benzene rings is 2. The largest absolute Gasteiger partial charge is 0.494 e. The van der Waals surface area contributed by atoms with E-state index in [1.807, 2.05) is 6.92 Å². The first-order valence-corrected chi connectivity index (χ1v) is 11.6. The van der Waals surface area contributed by atoms with E-state index in [-0.39, 0.29) is 10.8 Å². The summed E-state index contributed by atoms with van der Waals surface area (Å²) < 4.78 is 33.1. The topological polar surface area (TPSA) is 87.7 Å². The molecule has 2 N–H and O–H groups in total. The van der Waals surface area contributed by atoms with E-state index in [1.165, 1.54) is 18.2 Å². The molecule has 0 radical (unpaired) electrons. The van der Waals surface area contributed by atoms with Crippen molar-refractivity contribution in [1.82, 2.24) is 10.2 Å². The van der Waals surface area contributed by atoms with Gasteiger partial charge in [-0.25, -0.2) is 8.42 Å². The third-order valence-electron chi connectivity index (χ3n) is 4.64. The average molecular weight is 434 g/mol. The van der Waals surface area contributed by atoms with Gasteiger partial charge in [-0.3, -0.25) is 14.4 Å². The summed E-state index contributed by atoms with van der Waals surface area (Å²) in [6.07, 6.45) is 0. The van der Waals surface area contributed by atoms with E-state index < -0.39 is 10.0 Å². The molecule has 0 heterocycles. The van der Waals surface area contributed by atoms with Crippen LogP contribution in [0.1, 0.15) is 38.1 Å². The molecule has 0 saturated heterocycles. The Morgan fingerprint density at radius 2 is 1.80 bits per heavy atom. The SMILES string of the molecule is CCOc1ccc(S(=O)(=O)Nc2cccc(C(=O)NCCN(CC)C(C)C)c2)cc1. The lowest BCUT2D eigenvalue weighted by Crippen LogP contribution is -2.38. The summed E-state index contributed by atoms with van der Waals surface area (Å²) in [6, 6.07) is 13.0. The average Bonchev–Trinajstić information content (AvgIpc) is 2.71. The van der Waals surface area contributed by atoms with E-state index >= 15 is 0 Å². The molecule has 8 heteroatoms. The molecule has 0 bridgehead atoms. The Morgan fingerprint density at radius 3 is 2.40 bits per heavy atom. The van der Waals surface area contributed by atoms with Gasteiger partial charge in [0.1, 0.15) is 5.75 Å². The number of amides is 1. The van der Waals surface area contributed by atoms with E-state index in [0.29, 0.717) is 36.2 Å². The van der Waals surface area contributed by atoms with E-state index in [2.05, 4.69) is 35.7 Å². The molecule has 0 aromatic heterocycles. The van der Waals surface area contributed by atoms with E-state index in [0.717, 1.165) is 13.1 Å². The highest BCUT2D eigenvalue weighted by molar-refractivity contribution is 7.92. The molecule has 1 amide bonds. The van der Waals surface area contributed by atoms with Crippen molar-refractivity contribution in [3.63, 3.8) is 0 Å². The lowest BCUT2D eigenvalue weighted by molar-refractivity contribution is 0.0946. The maximum Gasteiger partial charge on any atom is 0.261 e. The first-order chi connectivity index (χ1) is 14.3. The third kappa shape index (κ3) is 6.74. The zero-order chi connectivity index (χ0) is 22.1. The first kappa shape index (κ1) is 23.7. The fourth-order valence-electron chi connectivity index (χ4n) is 3.02. The molecule has 0 unspecified atom stereocenters. The van der Waals surface area contributed by atoms with Crippen molar-refractivity contribution in [2.45, 2.75) is 38.6 Å². The maximum absolute atomic E-state index is 12.6. The van der Waals surface area contributed by atoms with Crippen molar-refractivity contribution < 1.29 is 17.9 Å². The lowest BCUT2D eigenvalue weighted by Gasteiger charge is -2.24. The van der Waals surface area contributed by atoms with Gasteiger partial charge in [-0.1, -0.05) is 13.0 Å². The number of rotatable bonds is 11. The van der Waals surface area contributed by atoms with Gasteiger partial charge in [0.2, 0.25) is 0 Å². The number of anilines is 1. The normalized spacial score (nSPS) is 11.5. The number of ether oxygens (including phenoxy) is 1. The Hall–Kier alpha value is -2.58. The molecule has 0 saturated carbocycles. The fraction of sp³-hybridized carbons (Fsp3) is 0.409. The Morgan fingerprint density at radius 1 is 1.10 bits per heavy atom. The number of hydrogen-bond donors (Lipinski definition) is 2. The molecular weight excluding hydrogens is 402 g/mol. The van der Waals surface area contributed by atoms with Gasteiger partial charge in [0.05, 0.1) is 11.5 Å². The van der Waals surface area contributed by atoms with Crippen LogP contribution < -0.4 is 14.8 Å². The molecule has 164 valence electrons. The molecule has 2 aromatic rings. The summed E-state index contributed by atoms with van der Waals surface area (Å²) in [6.45, 7) is 10.9. The van der Waals surface area contributed by atoms with Crippen LogP contribution in [0.2, 0.25) is 0 Å². The third-order valence-corrected chi connectivity index (χ3v) is 6.04. The van der Waals surface area contributed by atoms with Crippen LogP contribution in [-0.4, -0.2) is 51.5 Å². The molecule has 0 aliphatic carbocycles. The second kappa shape index (κ2) is 11.0. The highest BCUT2D eigenvalue weighted by Gasteiger charge is 2.15. The number of sulfonamides is 1. The highest BCUT2D eigenvalue weighted by atomic mass is 32.2. The van der Waals surface area contributed by atoms with Crippen LogP contribution in [0.3, 0.4) is 0 Å². The number of carbonyl (C=O) groups is 1. The summed E-state index contributed by atoms with van der Waals surface area (Å²) in [5.74, 6) is 0.367. The Bertz CT molecular complexity index is 928.